The maximum atomic E-state index is 12.4. The van der Waals surface area contributed by atoms with E-state index in [1.807, 2.05) is 0 Å². The lowest BCUT2D eigenvalue weighted by molar-refractivity contribution is -0.873. The van der Waals surface area contributed by atoms with E-state index in [9.17, 15) is 9.59 Å². The van der Waals surface area contributed by atoms with Crippen molar-refractivity contribution in [3.8, 4) is 0 Å². The summed E-state index contributed by atoms with van der Waals surface area (Å²) < 4.78 is 11.9. The number of hydrogen-bond acceptors (Lipinski definition) is 4. The van der Waals surface area contributed by atoms with Crippen LogP contribution in [0.2, 0.25) is 0 Å². The third-order valence-electron chi connectivity index (χ3n) is 7.19. The molecule has 0 aromatic rings. The molecule has 6 heteroatoms. The Kier molecular flexibility index (Phi) is 30.0. The minimum absolute atomic E-state index is 0. The summed E-state index contributed by atoms with van der Waals surface area (Å²) in [5, 5.41) is 0. The molecule has 0 saturated heterocycles. The Balaban J connectivity index is 0. The summed E-state index contributed by atoms with van der Waals surface area (Å²) in [6.07, 6.45) is 26.6. The van der Waals surface area contributed by atoms with Crippen molar-refractivity contribution in [2.45, 2.75) is 168 Å². The Hall–Kier alpha value is -0.620. The van der Waals surface area contributed by atoms with E-state index < -0.39 is 6.10 Å². The van der Waals surface area contributed by atoms with Crippen molar-refractivity contribution in [2.75, 3.05) is 34.3 Å². The van der Waals surface area contributed by atoms with E-state index in [1.54, 1.807) is 0 Å². The van der Waals surface area contributed by atoms with Gasteiger partial charge in [0.15, 0.2) is 6.10 Å². The summed E-state index contributed by atoms with van der Waals surface area (Å²) in [5.74, 6) is -0.427. The van der Waals surface area contributed by atoms with Gasteiger partial charge >= 0.3 is 11.9 Å². The highest BCUT2D eigenvalue weighted by Gasteiger charge is 2.25. The van der Waals surface area contributed by atoms with Crippen LogP contribution in [0, 0.1) is 0 Å². The van der Waals surface area contributed by atoms with Gasteiger partial charge in [-0.15, -0.1) is 0 Å². The molecule has 0 radical (unpaired) electrons. The molecule has 0 bridgehead atoms. The summed E-state index contributed by atoms with van der Waals surface area (Å²) in [7, 11) is 6.17. The fourth-order valence-electron chi connectivity index (χ4n) is 4.95. The van der Waals surface area contributed by atoms with Crippen LogP contribution in [-0.2, 0) is 19.1 Å². The lowest BCUT2D eigenvalue weighted by Crippen LogP contribution is -3.00. The van der Waals surface area contributed by atoms with Crippen LogP contribution in [0.4, 0.5) is 0 Å². The molecule has 39 heavy (non-hydrogen) atoms. The van der Waals surface area contributed by atoms with Gasteiger partial charge in [-0.05, 0) is 12.8 Å². The van der Waals surface area contributed by atoms with Crippen LogP contribution in [0.25, 0.3) is 0 Å². The van der Waals surface area contributed by atoms with Crippen molar-refractivity contribution in [3.63, 3.8) is 0 Å². The molecule has 0 fully saturated rings. The van der Waals surface area contributed by atoms with Crippen molar-refractivity contribution >= 4 is 11.9 Å². The monoisotopic (exact) mass is 619 g/mol. The van der Waals surface area contributed by atoms with E-state index in [0.717, 1.165) is 25.7 Å². The number of unbranched alkanes of at least 4 members (excludes halogenated alkanes) is 19. The number of halogens is 1. The van der Waals surface area contributed by atoms with Crippen molar-refractivity contribution in [2.24, 2.45) is 0 Å². The number of likely N-dealkylation sites (N-methyl/N-ethyl adjacent to an activating group) is 1. The van der Waals surface area contributed by atoms with E-state index in [0.29, 0.717) is 24.1 Å². The van der Waals surface area contributed by atoms with Crippen molar-refractivity contribution in [3.05, 3.63) is 0 Å². The van der Waals surface area contributed by atoms with Crippen LogP contribution >= 0.6 is 0 Å². The lowest BCUT2D eigenvalue weighted by atomic mass is 10.1. The molecule has 0 heterocycles. The van der Waals surface area contributed by atoms with E-state index in [1.165, 1.54) is 109 Å². The molecular formula is C33H66BrNO4. The number of ether oxygens (including phenoxy) is 2. The second-order valence-corrected chi connectivity index (χ2v) is 12.5. The SMILES string of the molecule is CCCCCCCCCCCCCOC(=O)C[C@H](C[N+](C)(C)C)OC(=O)CCCCCCCCCCCC.[Br-]. The molecule has 0 spiro atoms. The zero-order chi connectivity index (χ0) is 28.3. The first-order valence-electron chi connectivity index (χ1n) is 16.4. The Morgan fingerprint density at radius 3 is 1.36 bits per heavy atom. The average molecular weight is 621 g/mol. The highest BCUT2D eigenvalue weighted by Crippen LogP contribution is 2.14. The van der Waals surface area contributed by atoms with E-state index in [4.69, 9.17) is 9.47 Å². The Labute approximate surface area is 253 Å². The second kappa shape index (κ2) is 28.9. The molecule has 234 valence electrons. The predicted molar refractivity (Wildman–Crippen MR) is 161 cm³/mol. The number of quaternary nitrogens is 1. The standard InChI is InChI=1S/C33H66NO4.BrH/c1-6-8-10-12-14-16-18-20-22-24-26-28-37-33(36)29-31(30-34(3,4)5)38-32(35)27-25-23-21-19-17-15-13-11-9-7-2;/h31H,6-30H2,1-5H3;1H/q+1;/p-1/t31-;/m1./s1. The van der Waals surface area contributed by atoms with Crippen LogP contribution in [0.1, 0.15) is 162 Å². The fourth-order valence-corrected chi connectivity index (χ4v) is 4.95. The predicted octanol–water partition coefficient (Wildman–Crippen LogP) is 6.16. The van der Waals surface area contributed by atoms with E-state index in [-0.39, 0.29) is 35.3 Å². The summed E-state index contributed by atoms with van der Waals surface area (Å²) in [6, 6.07) is 0. The molecule has 0 aliphatic carbocycles. The zero-order valence-electron chi connectivity index (χ0n) is 26.7. The minimum Gasteiger partial charge on any atom is -1.00 e. The molecular weight excluding hydrogens is 554 g/mol. The number of rotatable bonds is 28. The van der Waals surface area contributed by atoms with Gasteiger partial charge in [-0.3, -0.25) is 9.59 Å². The van der Waals surface area contributed by atoms with Crippen LogP contribution in [-0.4, -0.2) is 56.8 Å². The quantitative estimate of drug-likeness (QED) is 0.0597. The van der Waals surface area contributed by atoms with Gasteiger partial charge in [0.05, 0.1) is 34.2 Å². The van der Waals surface area contributed by atoms with Gasteiger partial charge in [0, 0.05) is 6.42 Å². The van der Waals surface area contributed by atoms with E-state index >= 15 is 0 Å². The smallest absolute Gasteiger partial charge is 0.309 e. The first kappa shape index (κ1) is 40.5. The van der Waals surface area contributed by atoms with Gasteiger partial charge in [0.2, 0.25) is 0 Å². The molecule has 0 aromatic heterocycles. The van der Waals surface area contributed by atoms with Gasteiger partial charge in [-0.2, -0.15) is 0 Å². The van der Waals surface area contributed by atoms with Crippen LogP contribution in [0.15, 0.2) is 0 Å². The molecule has 0 saturated carbocycles. The van der Waals surface area contributed by atoms with E-state index in [2.05, 4.69) is 35.0 Å². The van der Waals surface area contributed by atoms with Gasteiger partial charge in [0.25, 0.3) is 0 Å². The molecule has 0 aliphatic heterocycles. The molecule has 0 N–H and O–H groups in total. The number of carbonyl (C=O) groups is 2. The Bertz CT molecular complexity index is 550. The van der Waals surface area contributed by atoms with Crippen molar-refractivity contribution in [1.29, 1.82) is 0 Å². The van der Waals surface area contributed by atoms with Crippen molar-refractivity contribution in [1.82, 2.24) is 0 Å². The zero-order valence-corrected chi connectivity index (χ0v) is 28.3. The number of nitrogens with zero attached hydrogens (tertiary/aromatic N) is 1. The highest BCUT2D eigenvalue weighted by molar-refractivity contribution is 5.72. The normalized spacial score (nSPS) is 12.1. The third-order valence-corrected chi connectivity index (χ3v) is 7.19. The molecule has 1 atom stereocenters. The fraction of sp³-hybridized carbons (Fsp3) is 0.939. The van der Waals surface area contributed by atoms with Crippen molar-refractivity contribution < 1.29 is 40.5 Å². The average Bonchev–Trinajstić information content (AvgIpc) is 2.84. The molecule has 0 aromatic carbocycles. The first-order valence-corrected chi connectivity index (χ1v) is 16.4. The summed E-state index contributed by atoms with van der Waals surface area (Å²) in [6.45, 7) is 5.59. The summed E-state index contributed by atoms with van der Waals surface area (Å²) in [5.41, 5.74) is 0. The topological polar surface area (TPSA) is 52.6 Å². The summed E-state index contributed by atoms with van der Waals surface area (Å²) >= 11 is 0. The maximum Gasteiger partial charge on any atom is 0.309 e. The number of carbonyl (C=O) groups excluding carboxylic acids is 2. The Morgan fingerprint density at radius 1 is 0.564 bits per heavy atom. The third kappa shape index (κ3) is 31.8. The largest absolute Gasteiger partial charge is 1.00 e. The molecule has 0 unspecified atom stereocenters. The maximum absolute atomic E-state index is 12.4. The molecule has 0 rings (SSSR count). The lowest BCUT2D eigenvalue weighted by Gasteiger charge is -2.28. The van der Waals surface area contributed by atoms with Crippen LogP contribution < -0.4 is 17.0 Å². The Morgan fingerprint density at radius 2 is 0.949 bits per heavy atom. The van der Waals surface area contributed by atoms with Gasteiger partial charge in [-0.25, -0.2) is 0 Å². The molecule has 0 amide bonds. The summed E-state index contributed by atoms with van der Waals surface area (Å²) in [4.78, 5) is 24.9. The van der Waals surface area contributed by atoms with Gasteiger partial charge in [0.1, 0.15) is 6.54 Å². The minimum atomic E-state index is -0.421. The number of esters is 2. The highest BCUT2D eigenvalue weighted by atomic mass is 79.9. The molecule has 5 nitrogen and oxygen atoms in total. The van der Waals surface area contributed by atoms with Crippen LogP contribution in [0.5, 0.6) is 0 Å². The van der Waals surface area contributed by atoms with Gasteiger partial charge < -0.3 is 30.9 Å². The van der Waals surface area contributed by atoms with Gasteiger partial charge in [-0.1, -0.05) is 136 Å². The number of hydrogen-bond donors (Lipinski definition) is 0. The first-order chi connectivity index (χ1) is 18.3. The van der Waals surface area contributed by atoms with Crippen LogP contribution in [0.3, 0.4) is 0 Å². The molecule has 0 aliphatic rings. The second-order valence-electron chi connectivity index (χ2n) is 12.5.